The van der Waals surface area contributed by atoms with E-state index in [4.69, 9.17) is 0 Å². The van der Waals surface area contributed by atoms with Gasteiger partial charge in [-0.05, 0) is 43.0 Å². The summed E-state index contributed by atoms with van der Waals surface area (Å²) in [7, 11) is 0. The second kappa shape index (κ2) is 9.02. The molecule has 2 amide bonds. The van der Waals surface area contributed by atoms with Crippen LogP contribution in [0.1, 0.15) is 12.0 Å². The van der Waals surface area contributed by atoms with Crippen LogP contribution in [0, 0.1) is 24.5 Å². The smallest absolute Gasteiger partial charge is 0.387 e. The monoisotopic (exact) mass is 411 g/mol. The number of anilines is 2. The third-order valence-electron chi connectivity index (χ3n) is 4.77. The standard InChI is InChI=1S/C20H21F4N3O2/c1-12-2-3-14(8-18(12)29-19(23)24)26-20(28)25-10-13-6-7-27(11-13)15-4-5-16(21)17(22)9-15/h2-5,8-9,13,19H,6-7,10-11H2,1H3,(H2,25,26,28). The molecule has 0 radical (unpaired) electrons. The van der Waals surface area contributed by atoms with Gasteiger partial charge in [-0.3, -0.25) is 0 Å². The highest BCUT2D eigenvalue weighted by Crippen LogP contribution is 2.26. The number of carbonyl (C=O) groups excluding carboxylic acids is 1. The fourth-order valence-electron chi connectivity index (χ4n) is 3.23. The molecular weight excluding hydrogens is 390 g/mol. The number of nitrogens with one attached hydrogen (secondary N) is 2. The second-order valence-electron chi connectivity index (χ2n) is 6.89. The number of urea groups is 1. The predicted molar refractivity (Wildman–Crippen MR) is 102 cm³/mol. The van der Waals surface area contributed by atoms with Crippen LogP contribution in [0.15, 0.2) is 36.4 Å². The number of ether oxygens (including phenoxy) is 1. The largest absolute Gasteiger partial charge is 0.434 e. The summed E-state index contributed by atoms with van der Waals surface area (Å²) in [5, 5.41) is 5.32. The Kier molecular flexibility index (Phi) is 6.46. The summed E-state index contributed by atoms with van der Waals surface area (Å²) in [6, 6.07) is 7.81. The van der Waals surface area contributed by atoms with Crippen molar-refractivity contribution in [1.29, 1.82) is 0 Å². The van der Waals surface area contributed by atoms with E-state index in [1.807, 2.05) is 4.90 Å². The molecule has 0 spiro atoms. The number of amides is 2. The number of rotatable bonds is 6. The highest BCUT2D eigenvalue weighted by molar-refractivity contribution is 5.89. The van der Waals surface area contributed by atoms with Gasteiger partial charge < -0.3 is 20.3 Å². The van der Waals surface area contributed by atoms with Crippen LogP contribution in [-0.4, -0.2) is 32.3 Å². The third-order valence-corrected chi connectivity index (χ3v) is 4.77. The minimum absolute atomic E-state index is 0.00392. The molecule has 1 fully saturated rings. The third kappa shape index (κ3) is 5.52. The normalized spacial score (nSPS) is 16.2. The van der Waals surface area contributed by atoms with Gasteiger partial charge in [0.05, 0.1) is 0 Å². The predicted octanol–water partition coefficient (Wildman–Crippen LogP) is 4.52. The van der Waals surface area contributed by atoms with Gasteiger partial charge in [0.15, 0.2) is 11.6 Å². The first kappa shape index (κ1) is 20.8. The maximum absolute atomic E-state index is 13.4. The summed E-state index contributed by atoms with van der Waals surface area (Å²) in [5.41, 5.74) is 1.46. The molecule has 0 saturated carbocycles. The molecular formula is C20H21F4N3O2. The number of alkyl halides is 2. The number of carbonyl (C=O) groups is 1. The lowest BCUT2D eigenvalue weighted by Crippen LogP contribution is -2.34. The van der Waals surface area contributed by atoms with Gasteiger partial charge in [0, 0.05) is 43.1 Å². The minimum atomic E-state index is -2.95. The Morgan fingerprint density at radius 1 is 1.21 bits per heavy atom. The van der Waals surface area contributed by atoms with Crippen molar-refractivity contribution in [2.24, 2.45) is 5.92 Å². The van der Waals surface area contributed by atoms with Gasteiger partial charge in [-0.25, -0.2) is 13.6 Å². The Morgan fingerprint density at radius 3 is 2.72 bits per heavy atom. The average molecular weight is 411 g/mol. The lowest BCUT2D eigenvalue weighted by molar-refractivity contribution is -0.0502. The van der Waals surface area contributed by atoms with Gasteiger partial charge in [0.25, 0.3) is 0 Å². The molecule has 29 heavy (non-hydrogen) atoms. The van der Waals surface area contributed by atoms with E-state index in [0.717, 1.165) is 18.6 Å². The molecule has 1 atom stereocenters. The zero-order chi connectivity index (χ0) is 21.0. The van der Waals surface area contributed by atoms with Crippen LogP contribution < -0.4 is 20.3 Å². The summed E-state index contributed by atoms with van der Waals surface area (Å²) < 4.78 is 55.7. The van der Waals surface area contributed by atoms with Gasteiger partial charge >= 0.3 is 12.6 Å². The van der Waals surface area contributed by atoms with Crippen molar-refractivity contribution in [3.63, 3.8) is 0 Å². The lowest BCUT2D eigenvalue weighted by atomic mass is 10.1. The molecule has 1 aliphatic rings. The molecule has 1 aliphatic heterocycles. The van der Waals surface area contributed by atoms with Crippen LogP contribution in [0.25, 0.3) is 0 Å². The van der Waals surface area contributed by atoms with Crippen molar-refractivity contribution in [2.75, 3.05) is 29.9 Å². The molecule has 2 N–H and O–H groups in total. The number of nitrogens with zero attached hydrogens (tertiary/aromatic N) is 1. The molecule has 0 aliphatic carbocycles. The highest BCUT2D eigenvalue weighted by atomic mass is 19.3. The van der Waals surface area contributed by atoms with Crippen molar-refractivity contribution in [1.82, 2.24) is 5.32 Å². The maximum atomic E-state index is 13.4. The minimum Gasteiger partial charge on any atom is -0.434 e. The zero-order valence-corrected chi connectivity index (χ0v) is 15.7. The van der Waals surface area contributed by atoms with Gasteiger partial charge in [-0.1, -0.05) is 6.07 Å². The van der Waals surface area contributed by atoms with Crippen LogP contribution in [0.5, 0.6) is 5.75 Å². The Labute approximate surface area is 165 Å². The molecule has 1 unspecified atom stereocenters. The summed E-state index contributed by atoms with van der Waals surface area (Å²) in [6.45, 7) is 0.337. The van der Waals surface area contributed by atoms with Gasteiger partial charge in [-0.15, -0.1) is 0 Å². The maximum Gasteiger partial charge on any atom is 0.387 e. The van der Waals surface area contributed by atoms with Gasteiger partial charge in [0.1, 0.15) is 5.75 Å². The quantitative estimate of drug-likeness (QED) is 0.687. The van der Waals surface area contributed by atoms with E-state index < -0.39 is 24.3 Å². The molecule has 2 aromatic rings. The van der Waals surface area contributed by atoms with E-state index in [1.54, 1.807) is 19.1 Å². The van der Waals surface area contributed by atoms with Gasteiger partial charge in [-0.2, -0.15) is 8.78 Å². The summed E-state index contributed by atoms with van der Waals surface area (Å²) in [5.74, 6) is -1.64. The topological polar surface area (TPSA) is 53.6 Å². The second-order valence-corrected chi connectivity index (χ2v) is 6.89. The molecule has 1 saturated heterocycles. The van der Waals surface area contributed by atoms with E-state index >= 15 is 0 Å². The van der Waals surface area contributed by atoms with E-state index in [1.165, 1.54) is 12.1 Å². The van der Waals surface area contributed by atoms with E-state index in [-0.39, 0.29) is 11.7 Å². The highest BCUT2D eigenvalue weighted by Gasteiger charge is 2.24. The van der Waals surface area contributed by atoms with Crippen LogP contribution in [0.3, 0.4) is 0 Å². The molecule has 9 heteroatoms. The van der Waals surface area contributed by atoms with Crippen LogP contribution in [-0.2, 0) is 0 Å². The van der Waals surface area contributed by atoms with E-state index in [9.17, 15) is 22.4 Å². The lowest BCUT2D eigenvalue weighted by Gasteiger charge is -2.19. The van der Waals surface area contributed by atoms with Crippen molar-refractivity contribution >= 4 is 17.4 Å². The van der Waals surface area contributed by atoms with Crippen molar-refractivity contribution < 1.29 is 27.1 Å². The number of hydrogen-bond acceptors (Lipinski definition) is 3. The fraction of sp³-hybridized carbons (Fsp3) is 0.350. The van der Waals surface area contributed by atoms with E-state index in [2.05, 4.69) is 15.4 Å². The van der Waals surface area contributed by atoms with Crippen molar-refractivity contribution in [2.45, 2.75) is 20.0 Å². The molecule has 0 aromatic heterocycles. The molecule has 156 valence electrons. The van der Waals surface area contributed by atoms with Crippen LogP contribution >= 0.6 is 0 Å². The first-order valence-electron chi connectivity index (χ1n) is 9.12. The molecule has 1 heterocycles. The molecule has 2 aromatic carbocycles. The number of aryl methyl sites for hydroxylation is 1. The SMILES string of the molecule is Cc1ccc(NC(=O)NCC2CCN(c3ccc(F)c(F)c3)C2)cc1OC(F)F. The first-order valence-corrected chi connectivity index (χ1v) is 9.12. The summed E-state index contributed by atoms with van der Waals surface area (Å²) >= 11 is 0. The Bertz CT molecular complexity index is 879. The number of benzene rings is 2. The summed E-state index contributed by atoms with van der Waals surface area (Å²) in [4.78, 5) is 14.0. The van der Waals surface area contributed by atoms with Crippen molar-refractivity contribution in [3.05, 3.63) is 53.6 Å². The first-order chi connectivity index (χ1) is 13.8. The molecule has 3 rings (SSSR count). The van der Waals surface area contributed by atoms with Crippen LogP contribution in [0.2, 0.25) is 0 Å². The Morgan fingerprint density at radius 2 is 2.00 bits per heavy atom. The zero-order valence-electron chi connectivity index (χ0n) is 15.7. The Hall–Kier alpha value is -2.97. The molecule has 5 nitrogen and oxygen atoms in total. The number of hydrogen-bond donors (Lipinski definition) is 2. The van der Waals surface area contributed by atoms with E-state index in [0.29, 0.717) is 36.6 Å². The Balaban J connectivity index is 1.49. The summed E-state index contributed by atoms with van der Waals surface area (Å²) in [6.07, 6.45) is 0.788. The van der Waals surface area contributed by atoms with Crippen LogP contribution in [0.4, 0.5) is 33.7 Å². The molecule has 0 bridgehead atoms. The van der Waals surface area contributed by atoms with Crippen molar-refractivity contribution in [3.8, 4) is 5.75 Å². The fourth-order valence-corrected chi connectivity index (χ4v) is 3.23. The average Bonchev–Trinajstić information content (AvgIpc) is 3.14. The number of halogens is 4. The van der Waals surface area contributed by atoms with Gasteiger partial charge in [0.2, 0.25) is 0 Å².